The van der Waals surface area contributed by atoms with Crippen LogP contribution in [0.25, 0.3) is 0 Å². The number of hydrogen-bond acceptors (Lipinski definition) is 3. The zero-order valence-electron chi connectivity index (χ0n) is 17.0. The van der Waals surface area contributed by atoms with E-state index in [0.717, 1.165) is 35.5 Å². The van der Waals surface area contributed by atoms with Crippen LogP contribution in [0, 0.1) is 13.8 Å². The van der Waals surface area contributed by atoms with Crippen molar-refractivity contribution in [2.75, 3.05) is 6.54 Å². The average Bonchev–Trinajstić information content (AvgIpc) is 2.63. The Balaban J connectivity index is 1.73. The lowest BCUT2D eigenvalue weighted by atomic mass is 10.1. The second-order valence-corrected chi connectivity index (χ2v) is 7.16. The van der Waals surface area contributed by atoms with E-state index < -0.39 is 6.10 Å². The highest BCUT2D eigenvalue weighted by atomic mass is 16.5. The smallest absolute Gasteiger partial charge is 0.260 e. The summed E-state index contributed by atoms with van der Waals surface area (Å²) in [5.41, 5.74) is 3.46. The Morgan fingerprint density at radius 2 is 1.70 bits per heavy atom. The van der Waals surface area contributed by atoms with Crippen molar-refractivity contribution in [1.29, 1.82) is 0 Å². The number of nitrogens with one attached hydrogen (secondary N) is 1. The van der Waals surface area contributed by atoms with E-state index in [1.54, 1.807) is 6.92 Å². The maximum Gasteiger partial charge on any atom is 0.260 e. The van der Waals surface area contributed by atoms with Crippen molar-refractivity contribution >= 4 is 5.91 Å². The highest BCUT2D eigenvalue weighted by molar-refractivity contribution is 5.80. The largest absolute Gasteiger partial charge is 0.491 e. The molecule has 0 saturated heterocycles. The van der Waals surface area contributed by atoms with Gasteiger partial charge in [0.25, 0.3) is 5.91 Å². The van der Waals surface area contributed by atoms with Gasteiger partial charge in [-0.15, -0.1) is 0 Å². The molecule has 1 unspecified atom stereocenters. The molecule has 0 heterocycles. The molecule has 0 bridgehead atoms. The number of rotatable bonds is 9. The molecule has 0 fully saturated rings. The van der Waals surface area contributed by atoms with Crippen molar-refractivity contribution < 1.29 is 14.3 Å². The fraction of sp³-hybridized carbons (Fsp3) is 0.435. The molecule has 0 saturated carbocycles. The molecule has 2 aromatic rings. The van der Waals surface area contributed by atoms with Crippen LogP contribution >= 0.6 is 0 Å². The first-order valence-electron chi connectivity index (χ1n) is 9.63. The van der Waals surface area contributed by atoms with Crippen LogP contribution in [0.3, 0.4) is 0 Å². The van der Waals surface area contributed by atoms with Crippen molar-refractivity contribution in [3.05, 3.63) is 59.2 Å². The van der Waals surface area contributed by atoms with Gasteiger partial charge in [0.2, 0.25) is 0 Å². The van der Waals surface area contributed by atoms with Crippen molar-refractivity contribution in [3.8, 4) is 11.5 Å². The number of carbonyl (C=O) groups excluding carboxylic acids is 1. The predicted octanol–water partition coefficient (Wildman–Crippen LogP) is 4.61. The number of carbonyl (C=O) groups is 1. The third-order valence-corrected chi connectivity index (χ3v) is 4.46. The van der Waals surface area contributed by atoms with Gasteiger partial charge in [-0.1, -0.05) is 24.3 Å². The summed E-state index contributed by atoms with van der Waals surface area (Å²) in [6.07, 6.45) is 1.46. The van der Waals surface area contributed by atoms with Gasteiger partial charge in [0, 0.05) is 6.54 Å². The molecule has 0 aromatic heterocycles. The molecule has 2 rings (SSSR count). The quantitative estimate of drug-likeness (QED) is 0.657. The molecule has 0 radical (unpaired) electrons. The Bertz CT molecular complexity index is 738. The second kappa shape index (κ2) is 10.0. The molecule has 2 aromatic carbocycles. The van der Waals surface area contributed by atoms with Crippen LogP contribution in [0.1, 0.15) is 43.9 Å². The summed E-state index contributed by atoms with van der Waals surface area (Å²) in [7, 11) is 0. The number of benzene rings is 2. The van der Waals surface area contributed by atoms with E-state index in [9.17, 15) is 4.79 Å². The van der Waals surface area contributed by atoms with E-state index in [2.05, 4.69) is 17.4 Å². The Morgan fingerprint density at radius 1 is 1.00 bits per heavy atom. The second-order valence-electron chi connectivity index (χ2n) is 7.16. The molecule has 1 atom stereocenters. The van der Waals surface area contributed by atoms with Gasteiger partial charge in [-0.2, -0.15) is 0 Å². The van der Waals surface area contributed by atoms with Crippen LogP contribution in [-0.2, 0) is 11.2 Å². The summed E-state index contributed by atoms with van der Waals surface area (Å²) in [5, 5.41) is 2.96. The zero-order valence-corrected chi connectivity index (χ0v) is 17.0. The van der Waals surface area contributed by atoms with Gasteiger partial charge in [0.15, 0.2) is 6.10 Å². The molecule has 0 aliphatic carbocycles. The van der Waals surface area contributed by atoms with E-state index in [-0.39, 0.29) is 12.0 Å². The molecular weight excluding hydrogens is 338 g/mol. The fourth-order valence-corrected chi connectivity index (χ4v) is 2.75. The van der Waals surface area contributed by atoms with E-state index in [1.165, 1.54) is 5.56 Å². The van der Waals surface area contributed by atoms with E-state index >= 15 is 0 Å². The molecule has 4 nitrogen and oxygen atoms in total. The van der Waals surface area contributed by atoms with Crippen molar-refractivity contribution in [2.45, 2.75) is 59.7 Å². The van der Waals surface area contributed by atoms with Gasteiger partial charge in [0.05, 0.1) is 6.10 Å². The van der Waals surface area contributed by atoms with Crippen LogP contribution in [0.2, 0.25) is 0 Å². The first kappa shape index (κ1) is 20.8. The van der Waals surface area contributed by atoms with Crippen molar-refractivity contribution in [3.63, 3.8) is 0 Å². The maximum absolute atomic E-state index is 12.2. The van der Waals surface area contributed by atoms with Gasteiger partial charge in [-0.25, -0.2) is 0 Å². The first-order valence-corrected chi connectivity index (χ1v) is 9.63. The zero-order chi connectivity index (χ0) is 19.8. The topological polar surface area (TPSA) is 47.6 Å². The van der Waals surface area contributed by atoms with Gasteiger partial charge < -0.3 is 14.8 Å². The Morgan fingerprint density at radius 3 is 2.37 bits per heavy atom. The van der Waals surface area contributed by atoms with Crippen molar-refractivity contribution in [2.24, 2.45) is 0 Å². The van der Waals surface area contributed by atoms with Gasteiger partial charge in [-0.05, 0) is 82.3 Å². The summed E-state index contributed by atoms with van der Waals surface area (Å²) in [4.78, 5) is 12.2. The van der Waals surface area contributed by atoms with E-state index in [1.807, 2.05) is 58.0 Å². The minimum atomic E-state index is -0.516. The normalized spacial score (nSPS) is 11.9. The molecular formula is C23H31NO3. The molecule has 146 valence electrons. The maximum atomic E-state index is 12.2. The Hall–Kier alpha value is -2.49. The summed E-state index contributed by atoms with van der Waals surface area (Å²) >= 11 is 0. The molecule has 4 heteroatoms. The molecule has 0 aliphatic heterocycles. The predicted molar refractivity (Wildman–Crippen MR) is 110 cm³/mol. The van der Waals surface area contributed by atoms with Crippen LogP contribution < -0.4 is 14.8 Å². The first-order chi connectivity index (χ1) is 12.9. The van der Waals surface area contributed by atoms with E-state index in [4.69, 9.17) is 9.47 Å². The lowest BCUT2D eigenvalue weighted by molar-refractivity contribution is -0.127. The monoisotopic (exact) mass is 369 g/mol. The van der Waals surface area contributed by atoms with Gasteiger partial charge in [0.1, 0.15) is 11.5 Å². The average molecular weight is 370 g/mol. The number of aryl methyl sites for hydroxylation is 2. The standard InChI is InChI=1S/C23H31NO3/c1-16(2)26-21-13-11-20(12-14-21)9-7-15-24-23(25)19(5)27-22-10-6-8-17(3)18(22)4/h6,8,10-14,16,19H,7,9,15H2,1-5H3,(H,24,25). The molecule has 0 aliphatic rings. The minimum absolute atomic E-state index is 0.0865. The summed E-state index contributed by atoms with van der Waals surface area (Å²) in [6, 6.07) is 14.0. The van der Waals surface area contributed by atoms with Gasteiger partial charge >= 0.3 is 0 Å². The van der Waals surface area contributed by atoms with Crippen LogP contribution in [0.5, 0.6) is 11.5 Å². The number of amides is 1. The van der Waals surface area contributed by atoms with Gasteiger partial charge in [-0.3, -0.25) is 4.79 Å². The summed E-state index contributed by atoms with van der Waals surface area (Å²) in [6.45, 7) is 10.5. The lowest BCUT2D eigenvalue weighted by Crippen LogP contribution is -2.37. The minimum Gasteiger partial charge on any atom is -0.491 e. The molecule has 1 N–H and O–H groups in total. The lowest BCUT2D eigenvalue weighted by Gasteiger charge is -2.17. The summed E-state index contributed by atoms with van der Waals surface area (Å²) in [5.74, 6) is 1.57. The number of ether oxygens (including phenoxy) is 2. The summed E-state index contributed by atoms with van der Waals surface area (Å²) < 4.78 is 11.5. The number of hydrogen-bond donors (Lipinski definition) is 1. The highest BCUT2D eigenvalue weighted by Crippen LogP contribution is 2.21. The third-order valence-electron chi connectivity index (χ3n) is 4.46. The third kappa shape index (κ3) is 6.63. The van der Waals surface area contributed by atoms with Crippen LogP contribution in [0.15, 0.2) is 42.5 Å². The highest BCUT2D eigenvalue weighted by Gasteiger charge is 2.15. The van der Waals surface area contributed by atoms with Crippen LogP contribution in [0.4, 0.5) is 0 Å². The Labute approximate surface area is 162 Å². The Kier molecular flexibility index (Phi) is 7.71. The van der Waals surface area contributed by atoms with Crippen molar-refractivity contribution in [1.82, 2.24) is 5.32 Å². The SMILES string of the molecule is Cc1cccc(OC(C)C(=O)NCCCc2ccc(OC(C)C)cc2)c1C. The molecule has 1 amide bonds. The molecule has 0 spiro atoms. The van der Waals surface area contributed by atoms with Crippen LogP contribution in [-0.4, -0.2) is 24.7 Å². The van der Waals surface area contributed by atoms with E-state index in [0.29, 0.717) is 6.54 Å². The fourth-order valence-electron chi connectivity index (χ4n) is 2.75. The molecule has 27 heavy (non-hydrogen) atoms.